The van der Waals surface area contributed by atoms with E-state index < -0.39 is 11.7 Å². The Hall–Kier alpha value is -3.43. The molecule has 0 bridgehead atoms. The van der Waals surface area contributed by atoms with Crippen molar-refractivity contribution < 1.29 is 14.6 Å². The van der Waals surface area contributed by atoms with E-state index in [9.17, 15) is 9.90 Å². The standard InChI is InChI=1S/C28H40N6O3/c1-18(2)22-15-23(24(35)16-25(22)37-6)26(29)34(27(30)28(36)31-5)21-9-7-20(8-10-21)17-32-11-13-33(14-12-32)19(3)4/h7-10,15-16,18-19,29-30,35H,11-14,17H2,1-6H3,(H,31,36). The number of phenols is 1. The zero-order chi connectivity index (χ0) is 27.3. The smallest absolute Gasteiger partial charge is 0.286 e. The molecule has 0 radical (unpaired) electrons. The zero-order valence-corrected chi connectivity index (χ0v) is 22.8. The predicted octanol–water partition coefficient (Wildman–Crippen LogP) is 3.61. The molecule has 2 aromatic carbocycles. The number of aromatic hydroxyl groups is 1. The Balaban J connectivity index is 1.89. The molecule has 0 aromatic heterocycles. The number of methoxy groups -OCH3 is 1. The number of amidine groups is 2. The summed E-state index contributed by atoms with van der Waals surface area (Å²) in [6.07, 6.45) is 0. The average Bonchev–Trinajstić information content (AvgIpc) is 2.88. The lowest BCUT2D eigenvalue weighted by molar-refractivity contribution is -0.114. The average molecular weight is 509 g/mol. The number of carbonyl (C=O) groups excluding carboxylic acids is 1. The summed E-state index contributed by atoms with van der Waals surface area (Å²) in [6.45, 7) is 13.4. The normalized spacial score (nSPS) is 14.6. The molecular formula is C28H40N6O3. The molecule has 1 aliphatic heterocycles. The number of phenolic OH excluding ortho intramolecular Hbond substituents is 1. The first kappa shape index (κ1) is 28.1. The first-order valence-electron chi connectivity index (χ1n) is 12.7. The van der Waals surface area contributed by atoms with Crippen LogP contribution in [0.4, 0.5) is 5.69 Å². The van der Waals surface area contributed by atoms with Gasteiger partial charge >= 0.3 is 0 Å². The van der Waals surface area contributed by atoms with Gasteiger partial charge in [-0.1, -0.05) is 26.0 Å². The highest BCUT2D eigenvalue weighted by atomic mass is 16.5. The van der Waals surface area contributed by atoms with Gasteiger partial charge in [0.2, 0.25) is 0 Å². The fraction of sp³-hybridized carbons (Fsp3) is 0.464. The Bertz CT molecular complexity index is 1120. The first-order valence-corrected chi connectivity index (χ1v) is 12.7. The Morgan fingerprint density at radius 2 is 1.70 bits per heavy atom. The highest BCUT2D eigenvalue weighted by Gasteiger charge is 2.27. The summed E-state index contributed by atoms with van der Waals surface area (Å²) in [7, 11) is 2.98. The van der Waals surface area contributed by atoms with E-state index in [1.807, 2.05) is 38.1 Å². The van der Waals surface area contributed by atoms with Gasteiger partial charge < -0.3 is 15.2 Å². The van der Waals surface area contributed by atoms with Crippen LogP contribution < -0.4 is 15.0 Å². The second-order valence-electron chi connectivity index (χ2n) is 9.95. The Morgan fingerprint density at radius 3 is 2.22 bits per heavy atom. The van der Waals surface area contributed by atoms with Crippen molar-refractivity contribution >= 4 is 23.3 Å². The van der Waals surface area contributed by atoms with Crippen molar-refractivity contribution in [2.75, 3.05) is 45.2 Å². The van der Waals surface area contributed by atoms with E-state index in [4.69, 9.17) is 15.6 Å². The van der Waals surface area contributed by atoms with E-state index in [1.165, 1.54) is 25.1 Å². The van der Waals surface area contributed by atoms with Crippen molar-refractivity contribution in [3.05, 3.63) is 53.1 Å². The lowest BCUT2D eigenvalue weighted by Crippen LogP contribution is -2.48. The third-order valence-electron chi connectivity index (χ3n) is 6.85. The van der Waals surface area contributed by atoms with Gasteiger partial charge in [0.05, 0.1) is 12.7 Å². The maximum Gasteiger partial charge on any atom is 0.286 e. The largest absolute Gasteiger partial charge is 0.507 e. The summed E-state index contributed by atoms with van der Waals surface area (Å²) in [6, 6.07) is 11.3. The number of benzene rings is 2. The molecule has 0 spiro atoms. The number of ether oxygens (including phenoxy) is 1. The second kappa shape index (κ2) is 12.2. The van der Waals surface area contributed by atoms with Crippen LogP contribution in [0.1, 0.15) is 50.3 Å². The summed E-state index contributed by atoms with van der Waals surface area (Å²) < 4.78 is 5.41. The van der Waals surface area contributed by atoms with Crippen molar-refractivity contribution in [3.63, 3.8) is 0 Å². The van der Waals surface area contributed by atoms with Gasteiger partial charge in [-0.25, -0.2) is 0 Å². The van der Waals surface area contributed by atoms with Crippen molar-refractivity contribution in [2.45, 2.75) is 46.2 Å². The van der Waals surface area contributed by atoms with Gasteiger partial charge in [-0.2, -0.15) is 0 Å². The van der Waals surface area contributed by atoms with Crippen LogP contribution in [0.5, 0.6) is 11.5 Å². The minimum Gasteiger partial charge on any atom is -0.507 e. The molecule has 1 heterocycles. The molecule has 1 amide bonds. The maximum absolute atomic E-state index is 12.5. The summed E-state index contributed by atoms with van der Waals surface area (Å²) in [5, 5.41) is 30.6. The molecule has 1 aliphatic rings. The van der Waals surface area contributed by atoms with Crippen LogP contribution in [-0.4, -0.2) is 78.9 Å². The number of carbonyl (C=O) groups is 1. The summed E-state index contributed by atoms with van der Waals surface area (Å²) in [5.74, 6) is -0.766. The van der Waals surface area contributed by atoms with E-state index in [-0.39, 0.29) is 23.1 Å². The number of piperazine rings is 1. The number of amides is 1. The summed E-state index contributed by atoms with van der Waals surface area (Å²) in [5.41, 5.74) is 2.65. The van der Waals surface area contributed by atoms with Gasteiger partial charge in [0.15, 0.2) is 5.84 Å². The number of hydrogen-bond acceptors (Lipinski definition) is 7. The molecule has 1 saturated heterocycles. The lowest BCUT2D eigenvalue weighted by Gasteiger charge is -2.37. The Morgan fingerprint density at radius 1 is 1.08 bits per heavy atom. The molecule has 0 unspecified atom stereocenters. The Labute approximate surface area is 220 Å². The van der Waals surface area contributed by atoms with Crippen molar-refractivity contribution in [1.29, 1.82) is 10.8 Å². The number of nitrogens with one attached hydrogen (secondary N) is 3. The fourth-order valence-electron chi connectivity index (χ4n) is 4.56. The van der Waals surface area contributed by atoms with Crippen molar-refractivity contribution in [2.24, 2.45) is 0 Å². The van der Waals surface area contributed by atoms with E-state index >= 15 is 0 Å². The second-order valence-corrected chi connectivity index (χ2v) is 9.95. The molecule has 2 aromatic rings. The molecular weight excluding hydrogens is 468 g/mol. The van der Waals surface area contributed by atoms with Gasteiger partial charge in [0, 0.05) is 57.6 Å². The predicted molar refractivity (Wildman–Crippen MR) is 148 cm³/mol. The molecule has 0 atom stereocenters. The third-order valence-corrected chi connectivity index (χ3v) is 6.85. The highest BCUT2D eigenvalue weighted by Crippen LogP contribution is 2.34. The molecule has 4 N–H and O–H groups in total. The maximum atomic E-state index is 12.5. The minimum atomic E-state index is -0.631. The molecule has 200 valence electrons. The number of hydrogen-bond donors (Lipinski definition) is 4. The van der Waals surface area contributed by atoms with Crippen LogP contribution in [0.15, 0.2) is 36.4 Å². The van der Waals surface area contributed by atoms with Crippen LogP contribution in [0, 0.1) is 10.8 Å². The molecule has 3 rings (SSSR count). The molecule has 9 heteroatoms. The highest BCUT2D eigenvalue weighted by molar-refractivity contribution is 6.48. The van der Waals surface area contributed by atoms with Gasteiger partial charge in [-0.15, -0.1) is 0 Å². The SMILES string of the molecule is CNC(=O)C(=N)N(C(=N)c1cc(C(C)C)c(OC)cc1O)c1ccc(CN2CCN(C(C)C)CC2)cc1. The number of likely N-dealkylation sites (N-methyl/N-ethyl adjacent to an activating group) is 1. The van der Waals surface area contributed by atoms with Crippen LogP contribution in [0.2, 0.25) is 0 Å². The molecule has 1 fully saturated rings. The van der Waals surface area contributed by atoms with Gasteiger partial charge in [0.25, 0.3) is 5.91 Å². The summed E-state index contributed by atoms with van der Waals surface area (Å²) in [4.78, 5) is 18.6. The quantitative estimate of drug-likeness (QED) is 0.335. The van der Waals surface area contributed by atoms with Crippen LogP contribution in [-0.2, 0) is 11.3 Å². The fourth-order valence-corrected chi connectivity index (χ4v) is 4.56. The first-order chi connectivity index (χ1) is 17.6. The third kappa shape index (κ3) is 6.47. The van der Waals surface area contributed by atoms with Crippen LogP contribution in [0.25, 0.3) is 0 Å². The monoisotopic (exact) mass is 508 g/mol. The molecule has 0 aliphatic carbocycles. The topological polar surface area (TPSA) is 116 Å². The Kier molecular flexibility index (Phi) is 9.29. The zero-order valence-electron chi connectivity index (χ0n) is 22.8. The van der Waals surface area contributed by atoms with E-state index in [0.29, 0.717) is 17.5 Å². The molecule has 0 saturated carbocycles. The lowest BCUT2D eigenvalue weighted by atomic mass is 9.98. The van der Waals surface area contributed by atoms with Gasteiger partial charge in [-0.05, 0) is 49.1 Å². The van der Waals surface area contributed by atoms with Crippen LogP contribution in [0.3, 0.4) is 0 Å². The van der Waals surface area contributed by atoms with Gasteiger partial charge in [-0.3, -0.25) is 30.3 Å². The molecule has 9 nitrogen and oxygen atoms in total. The van der Waals surface area contributed by atoms with Crippen molar-refractivity contribution in [3.8, 4) is 11.5 Å². The summed E-state index contributed by atoms with van der Waals surface area (Å²) >= 11 is 0. The van der Waals surface area contributed by atoms with Crippen molar-refractivity contribution in [1.82, 2.24) is 15.1 Å². The van der Waals surface area contributed by atoms with E-state index in [2.05, 4.69) is 29.0 Å². The molecule has 37 heavy (non-hydrogen) atoms. The van der Waals surface area contributed by atoms with Crippen LogP contribution >= 0.6 is 0 Å². The number of rotatable bonds is 7. The van der Waals surface area contributed by atoms with E-state index in [0.717, 1.165) is 43.9 Å². The van der Waals surface area contributed by atoms with Gasteiger partial charge in [0.1, 0.15) is 17.3 Å². The van der Waals surface area contributed by atoms with E-state index in [1.54, 1.807) is 6.07 Å². The number of nitrogens with zero attached hydrogens (tertiary/aromatic N) is 3. The minimum absolute atomic E-state index is 0.0793. The number of anilines is 1.